The summed E-state index contributed by atoms with van der Waals surface area (Å²) in [6.45, 7) is 5.80. The summed E-state index contributed by atoms with van der Waals surface area (Å²) >= 11 is 0. The van der Waals surface area contributed by atoms with Gasteiger partial charge in [0.25, 0.3) is 11.8 Å². The van der Waals surface area contributed by atoms with Crippen molar-refractivity contribution in [3.8, 4) is 5.75 Å². The van der Waals surface area contributed by atoms with E-state index < -0.39 is 5.91 Å². The van der Waals surface area contributed by atoms with Crippen molar-refractivity contribution >= 4 is 17.5 Å². The van der Waals surface area contributed by atoms with Crippen molar-refractivity contribution in [1.29, 1.82) is 0 Å². The van der Waals surface area contributed by atoms with E-state index in [-0.39, 0.29) is 11.6 Å². The quantitative estimate of drug-likeness (QED) is 0.800. The first kappa shape index (κ1) is 17.2. The molecule has 2 rings (SSSR count). The monoisotopic (exact) mass is 325 g/mol. The van der Waals surface area contributed by atoms with E-state index >= 15 is 0 Å². The van der Waals surface area contributed by atoms with Gasteiger partial charge in [-0.05, 0) is 36.8 Å². The average molecular weight is 325 g/mol. The molecule has 2 aromatic rings. The molecule has 0 spiro atoms. The van der Waals surface area contributed by atoms with Crippen molar-refractivity contribution in [2.24, 2.45) is 0 Å². The Hall–Kier alpha value is -3.15. The van der Waals surface area contributed by atoms with Crippen LogP contribution in [0, 0.1) is 6.92 Å². The van der Waals surface area contributed by atoms with Gasteiger partial charge in [0.1, 0.15) is 11.4 Å². The van der Waals surface area contributed by atoms with Crippen LogP contribution in [0.1, 0.15) is 26.4 Å². The second kappa shape index (κ2) is 7.92. The number of anilines is 1. The molecule has 2 N–H and O–H groups in total. The van der Waals surface area contributed by atoms with E-state index in [9.17, 15) is 9.59 Å². The standard InChI is InChI=1S/C18H19N3O3/c1-4-8-20-17(22)13-7-9-19-15(11-13)18(23)21-14-10-12(2)5-6-16(14)24-3/h4-7,9-11H,1,8H2,2-3H3,(H,20,22)(H,21,23). The van der Waals surface area contributed by atoms with Crippen LogP contribution in [0.2, 0.25) is 0 Å². The zero-order valence-corrected chi connectivity index (χ0v) is 13.6. The number of amides is 2. The minimum Gasteiger partial charge on any atom is -0.495 e. The van der Waals surface area contributed by atoms with Crippen molar-refractivity contribution < 1.29 is 14.3 Å². The van der Waals surface area contributed by atoms with Crippen LogP contribution in [-0.2, 0) is 0 Å². The minimum absolute atomic E-state index is 0.143. The fraction of sp³-hybridized carbons (Fsp3) is 0.167. The van der Waals surface area contributed by atoms with Crippen LogP contribution in [-0.4, -0.2) is 30.5 Å². The molecule has 0 bridgehead atoms. The van der Waals surface area contributed by atoms with Gasteiger partial charge in [-0.2, -0.15) is 0 Å². The number of carbonyl (C=O) groups excluding carboxylic acids is 2. The van der Waals surface area contributed by atoms with Crippen LogP contribution in [0.4, 0.5) is 5.69 Å². The Labute approximate surface area is 140 Å². The number of aryl methyl sites for hydroxylation is 1. The highest BCUT2D eigenvalue weighted by Crippen LogP contribution is 2.25. The Balaban J connectivity index is 2.20. The van der Waals surface area contributed by atoms with Crippen molar-refractivity contribution in [2.75, 3.05) is 19.0 Å². The van der Waals surface area contributed by atoms with Crippen LogP contribution in [0.25, 0.3) is 0 Å². The summed E-state index contributed by atoms with van der Waals surface area (Å²) in [5, 5.41) is 5.41. The lowest BCUT2D eigenvalue weighted by Gasteiger charge is -2.11. The summed E-state index contributed by atoms with van der Waals surface area (Å²) in [6, 6.07) is 8.45. The van der Waals surface area contributed by atoms with E-state index in [0.29, 0.717) is 23.5 Å². The van der Waals surface area contributed by atoms with Gasteiger partial charge in [-0.3, -0.25) is 14.6 Å². The number of hydrogen-bond acceptors (Lipinski definition) is 4. The molecular formula is C18H19N3O3. The molecule has 0 saturated carbocycles. The molecule has 0 fully saturated rings. The maximum Gasteiger partial charge on any atom is 0.274 e. The maximum absolute atomic E-state index is 12.4. The second-order valence-electron chi connectivity index (χ2n) is 5.09. The van der Waals surface area contributed by atoms with Crippen LogP contribution < -0.4 is 15.4 Å². The lowest BCUT2D eigenvalue weighted by atomic mass is 10.2. The Morgan fingerprint density at radius 3 is 2.75 bits per heavy atom. The summed E-state index contributed by atoms with van der Waals surface area (Å²) in [4.78, 5) is 28.4. The van der Waals surface area contributed by atoms with Gasteiger partial charge in [0.15, 0.2) is 0 Å². The molecule has 0 saturated heterocycles. The molecule has 1 heterocycles. The normalized spacial score (nSPS) is 9.92. The minimum atomic E-state index is -0.419. The molecule has 6 nitrogen and oxygen atoms in total. The fourth-order valence-corrected chi connectivity index (χ4v) is 2.07. The van der Waals surface area contributed by atoms with Gasteiger partial charge in [-0.25, -0.2) is 0 Å². The van der Waals surface area contributed by atoms with Crippen LogP contribution in [0.15, 0.2) is 49.2 Å². The Kier molecular flexibility index (Phi) is 5.68. The number of methoxy groups -OCH3 is 1. The number of aromatic nitrogens is 1. The van der Waals surface area contributed by atoms with Gasteiger partial charge in [0.05, 0.1) is 12.8 Å². The summed E-state index contributed by atoms with van der Waals surface area (Å²) < 4.78 is 5.23. The molecule has 1 aromatic heterocycles. The third-order valence-electron chi connectivity index (χ3n) is 3.26. The number of hydrogen-bond donors (Lipinski definition) is 2. The lowest BCUT2D eigenvalue weighted by molar-refractivity contribution is 0.0958. The van der Waals surface area contributed by atoms with Gasteiger partial charge in [-0.1, -0.05) is 12.1 Å². The van der Waals surface area contributed by atoms with E-state index in [1.54, 1.807) is 24.3 Å². The predicted molar refractivity (Wildman–Crippen MR) is 92.5 cm³/mol. The third-order valence-corrected chi connectivity index (χ3v) is 3.26. The Morgan fingerprint density at radius 2 is 2.04 bits per heavy atom. The largest absolute Gasteiger partial charge is 0.495 e. The third kappa shape index (κ3) is 4.19. The van der Waals surface area contributed by atoms with Crippen LogP contribution in [0.3, 0.4) is 0 Å². The topological polar surface area (TPSA) is 80.3 Å². The molecule has 24 heavy (non-hydrogen) atoms. The highest BCUT2D eigenvalue weighted by atomic mass is 16.5. The molecule has 1 aromatic carbocycles. The number of ether oxygens (including phenoxy) is 1. The molecule has 124 valence electrons. The highest BCUT2D eigenvalue weighted by molar-refractivity contribution is 6.05. The van der Waals surface area contributed by atoms with Gasteiger partial charge in [0.2, 0.25) is 0 Å². The highest BCUT2D eigenvalue weighted by Gasteiger charge is 2.13. The van der Waals surface area contributed by atoms with Gasteiger partial charge in [-0.15, -0.1) is 6.58 Å². The first-order chi connectivity index (χ1) is 11.5. The fourth-order valence-electron chi connectivity index (χ4n) is 2.07. The molecule has 0 aliphatic carbocycles. The van der Waals surface area contributed by atoms with Crippen molar-refractivity contribution in [1.82, 2.24) is 10.3 Å². The Morgan fingerprint density at radius 1 is 1.25 bits per heavy atom. The maximum atomic E-state index is 12.4. The number of nitrogens with zero attached hydrogens (tertiary/aromatic N) is 1. The molecule has 0 atom stereocenters. The van der Waals surface area contributed by atoms with Gasteiger partial charge in [0, 0.05) is 18.3 Å². The summed E-state index contributed by atoms with van der Waals surface area (Å²) in [7, 11) is 1.53. The van der Waals surface area contributed by atoms with Crippen LogP contribution >= 0.6 is 0 Å². The smallest absolute Gasteiger partial charge is 0.274 e. The van der Waals surface area contributed by atoms with Crippen molar-refractivity contribution in [3.05, 3.63) is 66.0 Å². The van der Waals surface area contributed by atoms with E-state index in [2.05, 4.69) is 22.2 Å². The SMILES string of the molecule is C=CCNC(=O)c1ccnc(C(=O)Nc2cc(C)ccc2OC)c1. The van der Waals surface area contributed by atoms with Crippen molar-refractivity contribution in [3.63, 3.8) is 0 Å². The van der Waals surface area contributed by atoms with Crippen molar-refractivity contribution in [2.45, 2.75) is 6.92 Å². The molecule has 0 unspecified atom stereocenters. The van der Waals surface area contributed by atoms with E-state index in [1.165, 1.54) is 19.4 Å². The number of benzene rings is 1. The lowest BCUT2D eigenvalue weighted by Crippen LogP contribution is -2.24. The second-order valence-corrected chi connectivity index (χ2v) is 5.09. The van der Waals surface area contributed by atoms with E-state index in [4.69, 9.17) is 4.74 Å². The van der Waals surface area contributed by atoms with E-state index in [0.717, 1.165) is 5.56 Å². The molecule has 0 radical (unpaired) electrons. The number of rotatable bonds is 6. The first-order valence-electron chi connectivity index (χ1n) is 7.36. The summed E-state index contributed by atoms with van der Waals surface area (Å²) in [5.74, 6) is -0.161. The molecular weight excluding hydrogens is 306 g/mol. The molecule has 2 amide bonds. The molecule has 0 aliphatic heterocycles. The van der Waals surface area contributed by atoms with Gasteiger partial charge < -0.3 is 15.4 Å². The number of nitrogens with one attached hydrogen (secondary N) is 2. The predicted octanol–water partition coefficient (Wildman–Crippen LogP) is 2.57. The van der Waals surface area contributed by atoms with E-state index in [1.807, 2.05) is 13.0 Å². The first-order valence-corrected chi connectivity index (χ1v) is 7.36. The average Bonchev–Trinajstić information content (AvgIpc) is 2.60. The Bertz CT molecular complexity index is 772. The molecule has 6 heteroatoms. The molecule has 0 aliphatic rings. The zero-order valence-electron chi connectivity index (χ0n) is 13.6. The van der Waals surface area contributed by atoms with Crippen LogP contribution in [0.5, 0.6) is 5.75 Å². The van der Waals surface area contributed by atoms with Gasteiger partial charge >= 0.3 is 0 Å². The number of carbonyl (C=O) groups is 2. The number of pyridine rings is 1. The summed E-state index contributed by atoms with van der Waals surface area (Å²) in [5.41, 5.74) is 2.03. The summed E-state index contributed by atoms with van der Waals surface area (Å²) in [6.07, 6.45) is 3.00. The zero-order chi connectivity index (χ0) is 17.5.